The van der Waals surface area contributed by atoms with Gasteiger partial charge in [-0.3, -0.25) is 9.59 Å². The Hall–Kier alpha value is -1.63. The fourth-order valence-electron chi connectivity index (χ4n) is 1.43. The van der Waals surface area contributed by atoms with Crippen molar-refractivity contribution in [1.29, 1.82) is 0 Å². The minimum atomic E-state index is -1.27. The smallest absolute Gasteiger partial charge is 0.326 e. The van der Waals surface area contributed by atoms with E-state index in [9.17, 15) is 14.4 Å². The van der Waals surface area contributed by atoms with E-state index in [1.165, 1.54) is 0 Å². The van der Waals surface area contributed by atoms with Gasteiger partial charge in [0, 0.05) is 6.61 Å². The van der Waals surface area contributed by atoms with E-state index in [0.29, 0.717) is 13.0 Å². The second-order valence-corrected chi connectivity index (χ2v) is 3.63. The van der Waals surface area contributed by atoms with Crippen molar-refractivity contribution in [3.05, 3.63) is 0 Å². The normalized spacial score (nSPS) is 21.4. The van der Waals surface area contributed by atoms with Crippen LogP contribution in [0.25, 0.3) is 0 Å². The van der Waals surface area contributed by atoms with E-state index in [0.717, 1.165) is 0 Å². The molecule has 0 aromatic rings. The minimum Gasteiger partial charge on any atom is -0.480 e. The molecule has 0 spiro atoms. The number of amides is 2. The highest BCUT2D eigenvalue weighted by molar-refractivity contribution is 5.89. The molecule has 1 rings (SSSR count). The van der Waals surface area contributed by atoms with Gasteiger partial charge >= 0.3 is 5.97 Å². The molecule has 7 nitrogen and oxygen atoms in total. The van der Waals surface area contributed by atoms with Gasteiger partial charge in [-0.1, -0.05) is 0 Å². The molecule has 2 amide bonds. The van der Waals surface area contributed by atoms with Crippen molar-refractivity contribution >= 4 is 17.8 Å². The summed E-state index contributed by atoms with van der Waals surface area (Å²) in [5.41, 5.74) is 4.88. The lowest BCUT2D eigenvalue weighted by Crippen LogP contribution is -2.45. The van der Waals surface area contributed by atoms with Crippen LogP contribution in [0.2, 0.25) is 0 Å². The zero-order valence-corrected chi connectivity index (χ0v) is 8.64. The molecular weight excluding hydrogens is 216 g/mol. The van der Waals surface area contributed by atoms with Gasteiger partial charge in [-0.15, -0.1) is 0 Å². The Morgan fingerprint density at radius 3 is 2.62 bits per heavy atom. The SMILES string of the molecule is NC(=O)CC(NC(=O)C1CCOC1)C(=O)O. The molecule has 1 aliphatic heterocycles. The number of primary amides is 1. The molecule has 7 heteroatoms. The molecule has 0 aliphatic carbocycles. The molecule has 16 heavy (non-hydrogen) atoms. The Morgan fingerprint density at radius 1 is 1.50 bits per heavy atom. The van der Waals surface area contributed by atoms with E-state index in [2.05, 4.69) is 5.32 Å². The third-order valence-electron chi connectivity index (χ3n) is 2.32. The summed E-state index contributed by atoms with van der Waals surface area (Å²) in [6.45, 7) is 0.778. The predicted octanol–water partition coefficient (Wildman–Crippen LogP) is -1.53. The van der Waals surface area contributed by atoms with E-state index in [-0.39, 0.29) is 12.5 Å². The molecule has 0 saturated carbocycles. The quantitative estimate of drug-likeness (QED) is 0.529. The molecule has 0 aromatic heterocycles. The summed E-state index contributed by atoms with van der Waals surface area (Å²) in [4.78, 5) is 32.9. The van der Waals surface area contributed by atoms with Gasteiger partial charge < -0.3 is 20.9 Å². The monoisotopic (exact) mass is 230 g/mol. The summed E-state index contributed by atoms with van der Waals surface area (Å²) in [5.74, 6) is -2.79. The van der Waals surface area contributed by atoms with Crippen molar-refractivity contribution in [3.63, 3.8) is 0 Å². The number of aliphatic carboxylic acids is 1. The first-order chi connectivity index (χ1) is 7.50. The first kappa shape index (κ1) is 12.4. The first-order valence-corrected chi connectivity index (χ1v) is 4.90. The average Bonchev–Trinajstić information content (AvgIpc) is 2.68. The maximum atomic E-state index is 11.5. The van der Waals surface area contributed by atoms with E-state index >= 15 is 0 Å². The van der Waals surface area contributed by atoms with Crippen LogP contribution in [0.15, 0.2) is 0 Å². The lowest BCUT2D eigenvalue weighted by molar-refractivity contribution is -0.143. The van der Waals surface area contributed by atoms with Crippen LogP contribution in [0.3, 0.4) is 0 Å². The van der Waals surface area contributed by atoms with Crippen LogP contribution in [0.4, 0.5) is 0 Å². The highest BCUT2D eigenvalue weighted by Crippen LogP contribution is 2.12. The van der Waals surface area contributed by atoms with Crippen molar-refractivity contribution in [2.75, 3.05) is 13.2 Å². The lowest BCUT2D eigenvalue weighted by atomic mass is 10.1. The van der Waals surface area contributed by atoms with Crippen LogP contribution < -0.4 is 11.1 Å². The number of carbonyl (C=O) groups excluding carboxylic acids is 2. The largest absolute Gasteiger partial charge is 0.480 e. The first-order valence-electron chi connectivity index (χ1n) is 4.90. The maximum absolute atomic E-state index is 11.5. The third-order valence-corrected chi connectivity index (χ3v) is 2.32. The predicted molar refractivity (Wildman–Crippen MR) is 52.3 cm³/mol. The molecule has 2 unspecified atom stereocenters. The number of carbonyl (C=O) groups is 3. The summed E-state index contributed by atoms with van der Waals surface area (Å²) in [7, 11) is 0. The molecule has 4 N–H and O–H groups in total. The fraction of sp³-hybridized carbons (Fsp3) is 0.667. The van der Waals surface area contributed by atoms with Gasteiger partial charge in [0.25, 0.3) is 0 Å². The molecule has 0 radical (unpaired) electrons. The minimum absolute atomic E-state index is 0.286. The molecule has 1 aliphatic rings. The highest BCUT2D eigenvalue weighted by atomic mass is 16.5. The van der Waals surface area contributed by atoms with Crippen LogP contribution in [0.1, 0.15) is 12.8 Å². The second-order valence-electron chi connectivity index (χ2n) is 3.63. The van der Waals surface area contributed by atoms with Crippen LogP contribution >= 0.6 is 0 Å². The van der Waals surface area contributed by atoms with Gasteiger partial charge in [0.1, 0.15) is 6.04 Å². The summed E-state index contributed by atoms with van der Waals surface area (Å²) in [6.07, 6.45) is 0.156. The van der Waals surface area contributed by atoms with E-state index in [1.54, 1.807) is 0 Å². The van der Waals surface area contributed by atoms with Gasteiger partial charge in [-0.2, -0.15) is 0 Å². The standard InChI is InChI=1S/C9H14N2O5/c10-7(12)3-6(9(14)15)11-8(13)5-1-2-16-4-5/h5-6H,1-4H2,(H2,10,12)(H,11,13)(H,14,15). The van der Waals surface area contributed by atoms with E-state index in [1.807, 2.05) is 0 Å². The molecule has 0 aromatic carbocycles. The number of carboxylic acid groups (broad SMARTS) is 1. The zero-order valence-electron chi connectivity index (χ0n) is 8.64. The Bertz CT molecular complexity index is 298. The van der Waals surface area contributed by atoms with Gasteiger partial charge in [0.05, 0.1) is 18.9 Å². The van der Waals surface area contributed by atoms with Crippen molar-refractivity contribution in [2.24, 2.45) is 11.7 Å². The summed E-state index contributed by atoms with van der Waals surface area (Å²) >= 11 is 0. The summed E-state index contributed by atoms with van der Waals surface area (Å²) in [5, 5.41) is 11.0. The summed E-state index contributed by atoms with van der Waals surface area (Å²) in [6, 6.07) is -1.26. The molecule has 1 heterocycles. The van der Waals surface area contributed by atoms with Gasteiger partial charge in [0.2, 0.25) is 11.8 Å². The number of rotatable bonds is 5. The molecular formula is C9H14N2O5. The maximum Gasteiger partial charge on any atom is 0.326 e. The van der Waals surface area contributed by atoms with Gasteiger partial charge in [-0.25, -0.2) is 4.79 Å². The molecule has 1 saturated heterocycles. The van der Waals surface area contributed by atoms with Crippen molar-refractivity contribution in [1.82, 2.24) is 5.32 Å². The number of nitrogens with one attached hydrogen (secondary N) is 1. The van der Waals surface area contributed by atoms with Crippen molar-refractivity contribution < 1.29 is 24.2 Å². The molecule has 1 fully saturated rings. The number of hydrogen-bond donors (Lipinski definition) is 3. The van der Waals surface area contributed by atoms with E-state index in [4.69, 9.17) is 15.6 Å². The van der Waals surface area contributed by atoms with E-state index < -0.39 is 30.2 Å². The molecule has 2 atom stereocenters. The Kier molecular flexibility index (Phi) is 4.24. The lowest BCUT2D eigenvalue weighted by Gasteiger charge is -2.15. The Labute approximate surface area is 91.9 Å². The number of carboxylic acids is 1. The Balaban J connectivity index is 2.50. The topological polar surface area (TPSA) is 119 Å². The Morgan fingerprint density at radius 2 is 2.19 bits per heavy atom. The van der Waals surface area contributed by atoms with Crippen molar-refractivity contribution in [2.45, 2.75) is 18.9 Å². The fourth-order valence-corrected chi connectivity index (χ4v) is 1.43. The van der Waals surface area contributed by atoms with Crippen LogP contribution in [0.5, 0.6) is 0 Å². The number of nitrogens with two attached hydrogens (primary N) is 1. The molecule has 0 bridgehead atoms. The third kappa shape index (κ3) is 3.50. The molecule has 90 valence electrons. The van der Waals surface area contributed by atoms with Crippen LogP contribution in [-0.2, 0) is 19.1 Å². The zero-order chi connectivity index (χ0) is 12.1. The van der Waals surface area contributed by atoms with Crippen LogP contribution in [0, 0.1) is 5.92 Å². The van der Waals surface area contributed by atoms with Gasteiger partial charge in [-0.05, 0) is 6.42 Å². The van der Waals surface area contributed by atoms with Crippen molar-refractivity contribution in [3.8, 4) is 0 Å². The number of ether oxygens (including phenoxy) is 1. The second kappa shape index (κ2) is 5.45. The average molecular weight is 230 g/mol. The van der Waals surface area contributed by atoms with Crippen LogP contribution in [-0.4, -0.2) is 42.1 Å². The highest BCUT2D eigenvalue weighted by Gasteiger charge is 2.28. The van der Waals surface area contributed by atoms with Gasteiger partial charge in [0.15, 0.2) is 0 Å². The summed E-state index contributed by atoms with van der Waals surface area (Å²) < 4.78 is 5.00. The number of hydrogen-bond acceptors (Lipinski definition) is 4.